The predicted octanol–water partition coefficient (Wildman–Crippen LogP) is 4.08. The number of hydrogen-bond donors (Lipinski definition) is 0. The Hall–Kier alpha value is -3.14. The molecule has 3 rings (SSSR count). The topological polar surface area (TPSA) is 42.4 Å². The van der Waals surface area contributed by atoms with E-state index in [4.69, 9.17) is 4.74 Å². The molecule has 4 heteroatoms. The minimum atomic E-state index is 0.0194. The van der Waals surface area contributed by atoms with E-state index in [9.17, 15) is 4.79 Å². The van der Waals surface area contributed by atoms with Crippen molar-refractivity contribution in [2.24, 2.45) is 0 Å². The van der Waals surface area contributed by atoms with E-state index in [0.717, 1.165) is 17.0 Å². The zero-order chi connectivity index (χ0) is 17.3. The third kappa shape index (κ3) is 4.91. The fourth-order valence-corrected chi connectivity index (χ4v) is 2.51. The SMILES string of the molecule is O=C(CCOc1ccccc1)N(Cc1cccnc1)c1ccccc1. The van der Waals surface area contributed by atoms with E-state index in [2.05, 4.69) is 4.98 Å². The Morgan fingerprint density at radius 2 is 1.64 bits per heavy atom. The molecule has 0 aliphatic rings. The summed E-state index contributed by atoms with van der Waals surface area (Å²) < 4.78 is 5.65. The van der Waals surface area contributed by atoms with Crippen molar-refractivity contribution in [1.29, 1.82) is 0 Å². The third-order valence-electron chi connectivity index (χ3n) is 3.76. The van der Waals surface area contributed by atoms with Crippen molar-refractivity contribution in [2.75, 3.05) is 11.5 Å². The molecule has 25 heavy (non-hydrogen) atoms. The highest BCUT2D eigenvalue weighted by molar-refractivity contribution is 5.93. The first-order valence-electron chi connectivity index (χ1n) is 8.25. The molecule has 0 saturated heterocycles. The van der Waals surface area contributed by atoms with Crippen molar-refractivity contribution in [3.8, 4) is 5.75 Å². The van der Waals surface area contributed by atoms with E-state index in [1.54, 1.807) is 17.3 Å². The second-order valence-corrected chi connectivity index (χ2v) is 5.59. The lowest BCUT2D eigenvalue weighted by atomic mass is 10.2. The molecule has 0 aliphatic carbocycles. The minimum absolute atomic E-state index is 0.0194. The maximum absolute atomic E-state index is 12.8. The van der Waals surface area contributed by atoms with Crippen LogP contribution < -0.4 is 9.64 Å². The van der Waals surface area contributed by atoms with Crippen molar-refractivity contribution in [1.82, 2.24) is 4.98 Å². The maximum Gasteiger partial charge on any atom is 0.230 e. The standard InChI is InChI=1S/C21H20N2O2/c24-21(13-15-25-20-11-5-2-6-12-20)23(19-9-3-1-4-10-19)17-18-8-7-14-22-16-18/h1-12,14,16H,13,15,17H2. The molecule has 1 amide bonds. The van der Waals surface area contributed by atoms with Crippen molar-refractivity contribution in [2.45, 2.75) is 13.0 Å². The van der Waals surface area contributed by atoms with Gasteiger partial charge in [-0.05, 0) is 35.9 Å². The van der Waals surface area contributed by atoms with Gasteiger partial charge < -0.3 is 9.64 Å². The summed E-state index contributed by atoms with van der Waals surface area (Å²) in [4.78, 5) is 18.7. The molecular formula is C21H20N2O2. The quantitative estimate of drug-likeness (QED) is 0.654. The molecule has 1 aromatic heterocycles. The zero-order valence-electron chi connectivity index (χ0n) is 13.9. The van der Waals surface area contributed by atoms with E-state index in [1.807, 2.05) is 72.8 Å². The van der Waals surface area contributed by atoms with E-state index in [-0.39, 0.29) is 5.91 Å². The van der Waals surface area contributed by atoms with Crippen molar-refractivity contribution in [3.05, 3.63) is 90.8 Å². The van der Waals surface area contributed by atoms with Gasteiger partial charge in [0.25, 0.3) is 0 Å². The van der Waals surface area contributed by atoms with Gasteiger partial charge in [0.15, 0.2) is 0 Å². The smallest absolute Gasteiger partial charge is 0.230 e. The number of aromatic nitrogens is 1. The average molecular weight is 332 g/mol. The largest absolute Gasteiger partial charge is 0.493 e. The first kappa shape index (κ1) is 16.7. The fourth-order valence-electron chi connectivity index (χ4n) is 2.51. The number of amides is 1. The molecule has 0 fully saturated rings. The molecule has 0 saturated carbocycles. The molecule has 0 spiro atoms. The Kier molecular flexibility index (Phi) is 5.77. The lowest BCUT2D eigenvalue weighted by Gasteiger charge is -2.23. The van der Waals surface area contributed by atoms with Crippen LogP contribution in [0.15, 0.2) is 85.2 Å². The molecule has 0 unspecified atom stereocenters. The van der Waals surface area contributed by atoms with Crippen LogP contribution in [-0.4, -0.2) is 17.5 Å². The molecule has 1 heterocycles. The van der Waals surface area contributed by atoms with Gasteiger partial charge in [0.1, 0.15) is 5.75 Å². The highest BCUT2D eigenvalue weighted by atomic mass is 16.5. The number of carbonyl (C=O) groups is 1. The van der Waals surface area contributed by atoms with Gasteiger partial charge in [-0.15, -0.1) is 0 Å². The van der Waals surface area contributed by atoms with Crippen LogP contribution >= 0.6 is 0 Å². The number of anilines is 1. The summed E-state index contributed by atoms with van der Waals surface area (Å²) >= 11 is 0. The lowest BCUT2D eigenvalue weighted by molar-refractivity contribution is -0.119. The second kappa shape index (κ2) is 8.64. The number of para-hydroxylation sites is 2. The van der Waals surface area contributed by atoms with E-state index in [0.29, 0.717) is 19.6 Å². The van der Waals surface area contributed by atoms with Crippen molar-refractivity contribution in [3.63, 3.8) is 0 Å². The minimum Gasteiger partial charge on any atom is -0.493 e. The Balaban J connectivity index is 1.67. The van der Waals surface area contributed by atoms with E-state index < -0.39 is 0 Å². The van der Waals surface area contributed by atoms with Gasteiger partial charge in [0.2, 0.25) is 5.91 Å². The summed E-state index contributed by atoms with van der Waals surface area (Å²) in [5.41, 5.74) is 1.86. The average Bonchev–Trinajstić information content (AvgIpc) is 2.68. The lowest BCUT2D eigenvalue weighted by Crippen LogP contribution is -2.31. The first-order valence-corrected chi connectivity index (χ1v) is 8.25. The van der Waals surface area contributed by atoms with Gasteiger partial charge in [-0.3, -0.25) is 9.78 Å². The van der Waals surface area contributed by atoms with Crippen molar-refractivity contribution >= 4 is 11.6 Å². The fraction of sp³-hybridized carbons (Fsp3) is 0.143. The van der Waals surface area contributed by atoms with Gasteiger partial charge in [0, 0.05) is 18.1 Å². The van der Waals surface area contributed by atoms with Crippen LogP contribution in [0.2, 0.25) is 0 Å². The Morgan fingerprint density at radius 3 is 2.32 bits per heavy atom. The molecule has 0 atom stereocenters. The number of pyridine rings is 1. The van der Waals surface area contributed by atoms with Gasteiger partial charge in [0.05, 0.1) is 19.6 Å². The summed E-state index contributed by atoms with van der Waals surface area (Å²) in [7, 11) is 0. The van der Waals surface area contributed by atoms with Gasteiger partial charge >= 0.3 is 0 Å². The van der Waals surface area contributed by atoms with E-state index >= 15 is 0 Å². The number of rotatable bonds is 7. The summed E-state index contributed by atoms with van der Waals surface area (Å²) in [5, 5.41) is 0. The number of ether oxygens (including phenoxy) is 1. The number of benzene rings is 2. The van der Waals surface area contributed by atoms with Gasteiger partial charge in [-0.25, -0.2) is 0 Å². The van der Waals surface area contributed by atoms with Crippen LogP contribution in [0, 0.1) is 0 Å². The van der Waals surface area contributed by atoms with E-state index in [1.165, 1.54) is 0 Å². The number of carbonyl (C=O) groups excluding carboxylic acids is 1. The van der Waals surface area contributed by atoms with Crippen LogP contribution in [0.3, 0.4) is 0 Å². The van der Waals surface area contributed by atoms with Gasteiger partial charge in [-0.1, -0.05) is 42.5 Å². The summed E-state index contributed by atoms with van der Waals surface area (Å²) in [6.07, 6.45) is 3.82. The zero-order valence-corrected chi connectivity index (χ0v) is 13.9. The molecule has 3 aromatic rings. The molecule has 4 nitrogen and oxygen atoms in total. The molecule has 0 aliphatic heterocycles. The normalized spacial score (nSPS) is 10.2. The number of hydrogen-bond acceptors (Lipinski definition) is 3. The summed E-state index contributed by atoms with van der Waals surface area (Å²) in [6, 6.07) is 23.0. The van der Waals surface area contributed by atoms with Crippen LogP contribution in [0.1, 0.15) is 12.0 Å². The molecule has 2 aromatic carbocycles. The summed E-state index contributed by atoms with van der Waals surface area (Å²) in [5.74, 6) is 0.791. The van der Waals surface area contributed by atoms with Gasteiger partial charge in [-0.2, -0.15) is 0 Å². The Labute approximate surface area is 147 Å². The van der Waals surface area contributed by atoms with Crippen LogP contribution in [-0.2, 0) is 11.3 Å². The molecular weight excluding hydrogens is 312 g/mol. The molecule has 0 N–H and O–H groups in total. The highest BCUT2D eigenvalue weighted by Crippen LogP contribution is 2.18. The summed E-state index contributed by atoms with van der Waals surface area (Å²) in [6.45, 7) is 0.835. The van der Waals surface area contributed by atoms with Crippen molar-refractivity contribution < 1.29 is 9.53 Å². The monoisotopic (exact) mass is 332 g/mol. The molecule has 0 bridgehead atoms. The maximum atomic E-state index is 12.8. The van der Waals surface area contributed by atoms with Crippen LogP contribution in [0.4, 0.5) is 5.69 Å². The molecule has 126 valence electrons. The highest BCUT2D eigenvalue weighted by Gasteiger charge is 2.16. The first-order chi connectivity index (χ1) is 12.3. The van der Waals surface area contributed by atoms with Crippen LogP contribution in [0.25, 0.3) is 0 Å². The number of nitrogens with zero attached hydrogens (tertiary/aromatic N) is 2. The molecule has 0 radical (unpaired) electrons. The Bertz CT molecular complexity index is 777. The predicted molar refractivity (Wildman–Crippen MR) is 98.4 cm³/mol. The second-order valence-electron chi connectivity index (χ2n) is 5.59. The Morgan fingerprint density at radius 1 is 0.920 bits per heavy atom. The third-order valence-corrected chi connectivity index (χ3v) is 3.76. The van der Waals surface area contributed by atoms with Crippen LogP contribution in [0.5, 0.6) is 5.75 Å².